The molecule has 0 saturated heterocycles. The van der Waals surface area contributed by atoms with Crippen molar-refractivity contribution in [3.05, 3.63) is 24.3 Å². The molecule has 1 aliphatic heterocycles. The maximum absolute atomic E-state index is 12.1. The van der Waals surface area contributed by atoms with Gasteiger partial charge in [-0.05, 0) is 39.1 Å². The van der Waals surface area contributed by atoms with Crippen LogP contribution < -0.4 is 5.32 Å². The normalized spacial score (nSPS) is 17.9. The first-order valence-corrected chi connectivity index (χ1v) is 7.91. The van der Waals surface area contributed by atoms with E-state index in [2.05, 4.69) is 23.3 Å². The highest BCUT2D eigenvalue weighted by molar-refractivity contribution is 8.01. The topological polar surface area (TPSA) is 41.6 Å². The van der Waals surface area contributed by atoms with Gasteiger partial charge in [-0.2, -0.15) is 0 Å². The van der Waals surface area contributed by atoms with Crippen LogP contribution in [-0.4, -0.2) is 49.4 Å². The minimum absolute atomic E-state index is 0.000515. The van der Waals surface area contributed by atoms with Crippen molar-refractivity contribution in [3.63, 3.8) is 0 Å². The maximum Gasteiger partial charge on any atom is 0.237 e. The van der Waals surface area contributed by atoms with Crippen LogP contribution in [0.4, 0.5) is 5.69 Å². The molecule has 1 atom stereocenters. The SMILES string of the molecule is CCOCCN(C)CC[C@H]1Sc2ccccc2NC1=O. The quantitative estimate of drug-likeness (QED) is 0.784. The number of thioether (sulfide) groups is 1. The Morgan fingerprint density at radius 1 is 1.35 bits per heavy atom. The number of amides is 1. The summed E-state index contributed by atoms with van der Waals surface area (Å²) in [7, 11) is 2.07. The third-order valence-corrected chi connectivity index (χ3v) is 4.65. The van der Waals surface area contributed by atoms with Gasteiger partial charge in [0.2, 0.25) is 5.91 Å². The number of para-hydroxylation sites is 1. The van der Waals surface area contributed by atoms with Crippen molar-refractivity contribution < 1.29 is 9.53 Å². The largest absolute Gasteiger partial charge is 0.380 e. The molecule has 2 rings (SSSR count). The smallest absolute Gasteiger partial charge is 0.237 e. The second kappa shape index (κ2) is 7.67. The van der Waals surface area contributed by atoms with Crippen molar-refractivity contribution in [2.24, 2.45) is 0 Å². The number of nitrogens with one attached hydrogen (secondary N) is 1. The van der Waals surface area contributed by atoms with Gasteiger partial charge in [-0.15, -0.1) is 11.8 Å². The van der Waals surface area contributed by atoms with Gasteiger partial charge in [0.15, 0.2) is 0 Å². The summed E-state index contributed by atoms with van der Waals surface area (Å²) in [6.45, 7) is 5.32. The van der Waals surface area contributed by atoms with Crippen molar-refractivity contribution >= 4 is 23.4 Å². The monoisotopic (exact) mass is 294 g/mol. The summed E-state index contributed by atoms with van der Waals surface area (Å²) in [4.78, 5) is 15.4. The maximum atomic E-state index is 12.1. The lowest BCUT2D eigenvalue weighted by molar-refractivity contribution is -0.116. The van der Waals surface area contributed by atoms with Gasteiger partial charge in [0.05, 0.1) is 17.5 Å². The van der Waals surface area contributed by atoms with Gasteiger partial charge in [-0.3, -0.25) is 4.79 Å². The zero-order valence-electron chi connectivity index (χ0n) is 12.1. The summed E-state index contributed by atoms with van der Waals surface area (Å²) in [5.74, 6) is 0.118. The van der Waals surface area contributed by atoms with Crippen molar-refractivity contribution in [1.82, 2.24) is 4.90 Å². The van der Waals surface area contributed by atoms with Crippen molar-refractivity contribution in [3.8, 4) is 0 Å². The molecule has 0 saturated carbocycles. The molecule has 1 aromatic rings. The van der Waals surface area contributed by atoms with Crippen LogP contribution in [0.3, 0.4) is 0 Å². The van der Waals surface area contributed by atoms with Gasteiger partial charge < -0.3 is 15.0 Å². The molecule has 5 heteroatoms. The molecule has 0 fully saturated rings. The first kappa shape index (κ1) is 15.4. The summed E-state index contributed by atoms with van der Waals surface area (Å²) in [6, 6.07) is 7.96. The minimum atomic E-state index is -0.000515. The minimum Gasteiger partial charge on any atom is -0.380 e. The predicted molar refractivity (Wildman–Crippen MR) is 83.3 cm³/mol. The molecule has 0 bridgehead atoms. The van der Waals surface area contributed by atoms with Gasteiger partial charge in [0, 0.05) is 18.0 Å². The number of hydrogen-bond donors (Lipinski definition) is 1. The Hall–Kier alpha value is -1.04. The van der Waals surface area contributed by atoms with Crippen LogP contribution in [0.25, 0.3) is 0 Å². The molecule has 0 aliphatic carbocycles. The number of carbonyl (C=O) groups is 1. The molecule has 1 aliphatic rings. The van der Waals surface area contributed by atoms with E-state index >= 15 is 0 Å². The molecule has 1 amide bonds. The fraction of sp³-hybridized carbons (Fsp3) is 0.533. The molecule has 1 N–H and O–H groups in total. The van der Waals surface area contributed by atoms with Crippen LogP contribution in [-0.2, 0) is 9.53 Å². The first-order chi connectivity index (χ1) is 9.70. The van der Waals surface area contributed by atoms with E-state index in [9.17, 15) is 4.79 Å². The average Bonchev–Trinajstić information content (AvgIpc) is 2.45. The zero-order chi connectivity index (χ0) is 14.4. The van der Waals surface area contributed by atoms with E-state index in [1.165, 1.54) is 0 Å². The molecule has 1 aromatic carbocycles. The number of hydrogen-bond acceptors (Lipinski definition) is 4. The number of nitrogens with zero attached hydrogens (tertiary/aromatic N) is 1. The fourth-order valence-corrected chi connectivity index (χ4v) is 3.20. The molecule has 110 valence electrons. The average molecular weight is 294 g/mol. The fourth-order valence-electron chi connectivity index (χ4n) is 2.10. The van der Waals surface area contributed by atoms with Gasteiger partial charge in [-0.25, -0.2) is 0 Å². The van der Waals surface area contributed by atoms with Crippen molar-refractivity contribution in [2.75, 3.05) is 38.7 Å². The Balaban J connectivity index is 1.81. The molecule has 0 radical (unpaired) electrons. The van der Waals surface area contributed by atoms with Crippen LogP contribution in [0, 0.1) is 0 Å². The number of rotatable bonds is 7. The molecule has 0 aromatic heterocycles. The Bertz CT molecular complexity index is 453. The Kier molecular flexibility index (Phi) is 5.88. The van der Waals surface area contributed by atoms with Crippen molar-refractivity contribution in [1.29, 1.82) is 0 Å². The number of anilines is 1. The van der Waals surface area contributed by atoms with E-state index in [-0.39, 0.29) is 11.2 Å². The van der Waals surface area contributed by atoms with Crippen LogP contribution in [0.5, 0.6) is 0 Å². The standard InChI is InChI=1S/C15H22N2O2S/c1-3-19-11-10-17(2)9-8-14-15(18)16-12-6-4-5-7-13(12)20-14/h4-7,14H,3,8-11H2,1-2H3,(H,16,18)/t14-/m1/s1. The lowest BCUT2D eigenvalue weighted by atomic mass is 10.2. The molecule has 4 nitrogen and oxygen atoms in total. The van der Waals surface area contributed by atoms with E-state index < -0.39 is 0 Å². The Morgan fingerprint density at radius 3 is 2.95 bits per heavy atom. The third kappa shape index (κ3) is 4.23. The molecule has 0 unspecified atom stereocenters. The summed E-state index contributed by atoms with van der Waals surface area (Å²) < 4.78 is 5.34. The highest BCUT2D eigenvalue weighted by Crippen LogP contribution is 2.36. The van der Waals surface area contributed by atoms with Gasteiger partial charge >= 0.3 is 0 Å². The number of ether oxygens (including phenoxy) is 1. The molecular weight excluding hydrogens is 272 g/mol. The van der Waals surface area contributed by atoms with E-state index in [0.29, 0.717) is 0 Å². The van der Waals surface area contributed by atoms with Gasteiger partial charge in [0.25, 0.3) is 0 Å². The van der Waals surface area contributed by atoms with E-state index in [4.69, 9.17) is 4.74 Å². The lowest BCUT2D eigenvalue weighted by Gasteiger charge is -2.25. The lowest BCUT2D eigenvalue weighted by Crippen LogP contribution is -2.33. The van der Waals surface area contributed by atoms with E-state index in [1.807, 2.05) is 25.1 Å². The number of carbonyl (C=O) groups excluding carboxylic acids is 1. The molecule has 1 heterocycles. The van der Waals surface area contributed by atoms with E-state index in [0.717, 1.165) is 43.3 Å². The highest BCUT2D eigenvalue weighted by Gasteiger charge is 2.26. The van der Waals surface area contributed by atoms with Gasteiger partial charge in [-0.1, -0.05) is 12.1 Å². The third-order valence-electron chi connectivity index (χ3n) is 3.30. The first-order valence-electron chi connectivity index (χ1n) is 7.03. The molecular formula is C15H22N2O2S. The zero-order valence-corrected chi connectivity index (χ0v) is 12.9. The highest BCUT2D eigenvalue weighted by atomic mass is 32.2. The summed E-state index contributed by atoms with van der Waals surface area (Å²) >= 11 is 1.67. The summed E-state index contributed by atoms with van der Waals surface area (Å²) in [6.07, 6.45) is 0.855. The van der Waals surface area contributed by atoms with Crippen LogP contribution in [0.2, 0.25) is 0 Å². The Labute approximate surface area is 124 Å². The van der Waals surface area contributed by atoms with Crippen LogP contribution in [0.15, 0.2) is 29.2 Å². The number of likely N-dealkylation sites (N-methyl/N-ethyl adjacent to an activating group) is 1. The van der Waals surface area contributed by atoms with E-state index in [1.54, 1.807) is 11.8 Å². The molecule has 20 heavy (non-hydrogen) atoms. The number of fused-ring (bicyclic) bond motifs is 1. The van der Waals surface area contributed by atoms with Gasteiger partial charge in [0.1, 0.15) is 0 Å². The van der Waals surface area contributed by atoms with Crippen molar-refractivity contribution in [2.45, 2.75) is 23.5 Å². The Morgan fingerprint density at radius 2 is 2.15 bits per heavy atom. The second-order valence-corrected chi connectivity index (χ2v) is 6.13. The predicted octanol–water partition coefficient (Wildman–Crippen LogP) is 2.46. The second-order valence-electron chi connectivity index (χ2n) is 4.88. The molecule has 0 spiro atoms. The summed E-state index contributed by atoms with van der Waals surface area (Å²) in [5.41, 5.74) is 0.934. The van der Waals surface area contributed by atoms with Crippen LogP contribution >= 0.6 is 11.8 Å². The summed E-state index contributed by atoms with van der Waals surface area (Å²) in [5, 5.41) is 2.98. The number of benzene rings is 1. The van der Waals surface area contributed by atoms with Crippen LogP contribution in [0.1, 0.15) is 13.3 Å².